The minimum Gasteiger partial charge on any atom is -0.390 e. The van der Waals surface area contributed by atoms with E-state index in [-0.39, 0.29) is 24.5 Å². The van der Waals surface area contributed by atoms with Gasteiger partial charge >= 0.3 is 0 Å². The molecule has 3 aromatic rings. The summed E-state index contributed by atoms with van der Waals surface area (Å²) < 4.78 is 20.5. The third kappa shape index (κ3) is 4.87. The SMILES string of the molecule is CC1(F)CN(C2CC(C(=O)Nc3nc4ccc(-c5cnc(CO[C@H]6CCC[C@@H]6O)nc5)cc4s3)C2)C1. The number of alkyl halides is 1. The Hall–Kier alpha value is -2.53. The van der Waals surface area contributed by atoms with Crippen LogP contribution in [0.5, 0.6) is 0 Å². The average molecular weight is 512 g/mol. The van der Waals surface area contributed by atoms with Gasteiger partial charge in [0.1, 0.15) is 12.3 Å². The van der Waals surface area contributed by atoms with Gasteiger partial charge in [0.05, 0.1) is 22.4 Å². The maximum absolute atomic E-state index is 13.7. The Balaban J connectivity index is 1.05. The van der Waals surface area contributed by atoms with E-state index in [0.29, 0.717) is 30.1 Å². The maximum Gasteiger partial charge on any atom is 0.229 e. The van der Waals surface area contributed by atoms with Crippen molar-refractivity contribution in [2.24, 2.45) is 5.92 Å². The molecule has 3 aliphatic rings. The summed E-state index contributed by atoms with van der Waals surface area (Å²) in [6.07, 6.45) is 7.23. The molecular weight excluding hydrogens is 481 g/mol. The number of carbonyl (C=O) groups is 1. The van der Waals surface area contributed by atoms with E-state index in [1.54, 1.807) is 19.3 Å². The highest BCUT2D eigenvalue weighted by molar-refractivity contribution is 7.22. The Morgan fingerprint density at radius 2 is 2.03 bits per heavy atom. The fraction of sp³-hybridized carbons (Fsp3) is 0.538. The smallest absolute Gasteiger partial charge is 0.229 e. The number of fused-ring (bicyclic) bond motifs is 1. The summed E-state index contributed by atoms with van der Waals surface area (Å²) in [6.45, 7) is 2.86. The lowest BCUT2D eigenvalue weighted by Crippen LogP contribution is -2.64. The first-order valence-electron chi connectivity index (χ1n) is 12.6. The van der Waals surface area contributed by atoms with Gasteiger partial charge in [-0.1, -0.05) is 17.4 Å². The number of amides is 1. The summed E-state index contributed by atoms with van der Waals surface area (Å²) in [5.74, 6) is 0.541. The van der Waals surface area contributed by atoms with Crippen LogP contribution in [0.4, 0.5) is 9.52 Å². The number of thiazole rings is 1. The van der Waals surface area contributed by atoms with Crippen LogP contribution in [-0.2, 0) is 16.1 Å². The highest BCUT2D eigenvalue weighted by Crippen LogP contribution is 2.39. The van der Waals surface area contributed by atoms with Gasteiger partial charge in [-0.15, -0.1) is 0 Å². The topological polar surface area (TPSA) is 100 Å². The molecule has 2 aromatic heterocycles. The van der Waals surface area contributed by atoms with Gasteiger partial charge < -0.3 is 15.2 Å². The molecule has 2 N–H and O–H groups in total. The van der Waals surface area contributed by atoms with Crippen molar-refractivity contribution in [3.05, 3.63) is 36.4 Å². The second-order valence-corrected chi connectivity index (χ2v) is 11.6. The van der Waals surface area contributed by atoms with Gasteiger partial charge in [-0.05, 0) is 56.7 Å². The first-order chi connectivity index (χ1) is 17.3. The quantitative estimate of drug-likeness (QED) is 0.496. The van der Waals surface area contributed by atoms with Gasteiger partial charge in [0.2, 0.25) is 5.91 Å². The van der Waals surface area contributed by atoms with E-state index in [1.807, 2.05) is 18.2 Å². The van der Waals surface area contributed by atoms with Gasteiger partial charge in [0, 0.05) is 43.0 Å². The van der Waals surface area contributed by atoms with E-state index < -0.39 is 11.8 Å². The number of nitrogens with one attached hydrogen (secondary N) is 1. The van der Waals surface area contributed by atoms with Crippen LogP contribution in [0, 0.1) is 5.92 Å². The molecule has 1 amide bonds. The average Bonchev–Trinajstić information content (AvgIpc) is 3.40. The van der Waals surface area contributed by atoms with E-state index in [9.17, 15) is 14.3 Å². The minimum absolute atomic E-state index is 0.00889. The predicted molar refractivity (Wildman–Crippen MR) is 135 cm³/mol. The first kappa shape index (κ1) is 23.8. The van der Waals surface area contributed by atoms with Crippen molar-refractivity contribution in [2.45, 2.75) is 69.6 Å². The van der Waals surface area contributed by atoms with Crippen LogP contribution < -0.4 is 5.32 Å². The molecule has 1 aromatic carbocycles. The fourth-order valence-corrected chi connectivity index (χ4v) is 6.29. The number of ether oxygens (including phenoxy) is 1. The van der Waals surface area contributed by atoms with Crippen molar-refractivity contribution in [3.8, 4) is 11.1 Å². The van der Waals surface area contributed by atoms with E-state index in [2.05, 4.69) is 25.2 Å². The van der Waals surface area contributed by atoms with Crippen molar-refractivity contribution >= 4 is 32.6 Å². The molecule has 190 valence electrons. The molecule has 2 atom stereocenters. The zero-order valence-corrected chi connectivity index (χ0v) is 21.0. The molecule has 3 fully saturated rings. The lowest BCUT2D eigenvalue weighted by Gasteiger charge is -2.51. The second kappa shape index (κ2) is 9.41. The molecule has 6 rings (SSSR count). The number of carbonyl (C=O) groups excluding carboxylic acids is 1. The van der Waals surface area contributed by atoms with Gasteiger partial charge in [0.25, 0.3) is 0 Å². The first-order valence-corrected chi connectivity index (χ1v) is 13.4. The van der Waals surface area contributed by atoms with E-state index in [4.69, 9.17) is 4.74 Å². The van der Waals surface area contributed by atoms with Crippen molar-refractivity contribution < 1.29 is 19.0 Å². The third-order valence-electron chi connectivity index (χ3n) is 7.57. The van der Waals surface area contributed by atoms with Gasteiger partial charge in [-0.2, -0.15) is 0 Å². The molecule has 36 heavy (non-hydrogen) atoms. The van der Waals surface area contributed by atoms with Crippen LogP contribution in [0.1, 0.15) is 44.9 Å². The molecule has 2 saturated carbocycles. The number of hydrogen-bond acceptors (Lipinski definition) is 8. The molecule has 2 aliphatic carbocycles. The molecular formula is C26H30FN5O3S. The zero-order chi connectivity index (χ0) is 24.9. The van der Waals surface area contributed by atoms with Crippen LogP contribution in [-0.4, -0.2) is 67.9 Å². The van der Waals surface area contributed by atoms with Crippen molar-refractivity contribution in [1.29, 1.82) is 0 Å². The Morgan fingerprint density at radius 3 is 2.72 bits per heavy atom. The van der Waals surface area contributed by atoms with Crippen molar-refractivity contribution in [3.63, 3.8) is 0 Å². The summed E-state index contributed by atoms with van der Waals surface area (Å²) in [5, 5.41) is 13.5. The zero-order valence-electron chi connectivity index (χ0n) is 20.2. The monoisotopic (exact) mass is 511 g/mol. The van der Waals surface area contributed by atoms with E-state index >= 15 is 0 Å². The lowest BCUT2D eigenvalue weighted by molar-refractivity contribution is -0.128. The highest BCUT2D eigenvalue weighted by atomic mass is 32.1. The summed E-state index contributed by atoms with van der Waals surface area (Å²) in [4.78, 5) is 28.2. The number of hydrogen-bond donors (Lipinski definition) is 2. The number of anilines is 1. The molecule has 3 heterocycles. The molecule has 0 unspecified atom stereocenters. The number of benzene rings is 1. The number of aromatic nitrogens is 3. The van der Waals surface area contributed by atoms with Crippen LogP contribution in [0.2, 0.25) is 0 Å². The molecule has 8 nitrogen and oxygen atoms in total. The van der Waals surface area contributed by atoms with E-state index in [1.165, 1.54) is 11.3 Å². The summed E-state index contributed by atoms with van der Waals surface area (Å²) in [5.41, 5.74) is 1.61. The minimum atomic E-state index is -1.07. The number of nitrogens with zero attached hydrogens (tertiary/aromatic N) is 4. The Labute approximate surface area is 212 Å². The van der Waals surface area contributed by atoms with Crippen molar-refractivity contribution in [2.75, 3.05) is 18.4 Å². The molecule has 1 aliphatic heterocycles. The number of halogens is 1. The normalized spacial score (nSPS) is 27.5. The third-order valence-corrected chi connectivity index (χ3v) is 8.50. The Bertz CT molecular complexity index is 1250. The van der Waals surface area contributed by atoms with Crippen LogP contribution >= 0.6 is 11.3 Å². The lowest BCUT2D eigenvalue weighted by atomic mass is 9.76. The van der Waals surface area contributed by atoms with Crippen LogP contribution in [0.25, 0.3) is 21.3 Å². The van der Waals surface area contributed by atoms with Crippen molar-refractivity contribution in [1.82, 2.24) is 19.9 Å². The maximum atomic E-state index is 13.7. The molecule has 10 heteroatoms. The fourth-order valence-electron chi connectivity index (χ4n) is 5.38. The number of rotatable bonds is 7. The number of likely N-dealkylation sites (tertiary alicyclic amines) is 1. The summed E-state index contributed by atoms with van der Waals surface area (Å²) >= 11 is 1.45. The molecule has 0 radical (unpaired) electrons. The number of aliphatic hydroxyl groups is 1. The van der Waals surface area contributed by atoms with E-state index in [0.717, 1.165) is 53.4 Å². The highest BCUT2D eigenvalue weighted by Gasteiger charge is 2.47. The second-order valence-electron chi connectivity index (χ2n) is 10.6. The Kier molecular flexibility index (Phi) is 6.23. The largest absolute Gasteiger partial charge is 0.390 e. The van der Waals surface area contributed by atoms with Crippen LogP contribution in [0.3, 0.4) is 0 Å². The predicted octanol–water partition coefficient (Wildman–Crippen LogP) is 3.94. The number of aliphatic hydroxyl groups excluding tert-OH is 1. The Morgan fingerprint density at radius 1 is 1.25 bits per heavy atom. The molecule has 0 spiro atoms. The molecule has 0 bridgehead atoms. The van der Waals surface area contributed by atoms with Crippen LogP contribution in [0.15, 0.2) is 30.6 Å². The summed E-state index contributed by atoms with van der Waals surface area (Å²) in [6, 6.07) is 6.26. The van der Waals surface area contributed by atoms with Gasteiger partial charge in [-0.3, -0.25) is 9.69 Å². The standard InChI is InChI=1S/C26H30FN5O3S/c1-26(27)13-32(14-26)18-7-16(8-18)24(34)31-25-30-19-6-5-15(9-22(19)36-25)17-10-28-23(29-11-17)12-35-21-4-2-3-20(21)33/h5-6,9-11,16,18,20-21,33H,2-4,7-8,12-14H2,1H3,(H,30,31,34)/t16?,18?,20-,21-/m0/s1. The molecule has 1 saturated heterocycles. The summed E-state index contributed by atoms with van der Waals surface area (Å²) in [7, 11) is 0. The van der Waals surface area contributed by atoms with Gasteiger partial charge in [0.15, 0.2) is 11.0 Å². The van der Waals surface area contributed by atoms with Gasteiger partial charge in [-0.25, -0.2) is 19.3 Å².